The van der Waals surface area contributed by atoms with Crippen LogP contribution in [0.1, 0.15) is 10.4 Å². The van der Waals surface area contributed by atoms with E-state index >= 15 is 0 Å². The van der Waals surface area contributed by atoms with Crippen LogP contribution in [0, 0.1) is 0 Å². The van der Waals surface area contributed by atoms with Gasteiger partial charge in [0.1, 0.15) is 10.1 Å². The number of methoxy groups -OCH3 is 2. The van der Waals surface area contributed by atoms with Crippen LogP contribution < -0.4 is 14.8 Å². The molecule has 7 heteroatoms. The Morgan fingerprint density at radius 3 is 2.46 bits per heavy atom. The van der Waals surface area contributed by atoms with E-state index in [0.717, 1.165) is 10.1 Å². The van der Waals surface area contributed by atoms with E-state index in [4.69, 9.17) is 9.47 Å². The maximum absolute atomic E-state index is 12.5. The normalized spacial score (nSPS) is 10.2. The molecule has 1 amide bonds. The van der Waals surface area contributed by atoms with Crippen molar-refractivity contribution in [2.75, 3.05) is 19.5 Å². The van der Waals surface area contributed by atoms with Gasteiger partial charge in [-0.15, -0.1) is 0 Å². The number of nitrogens with one attached hydrogen (secondary N) is 1. The number of pyridine rings is 2. The largest absolute Gasteiger partial charge is 0.493 e. The van der Waals surface area contributed by atoms with Crippen LogP contribution in [0.15, 0.2) is 71.0 Å². The second-order valence-corrected chi connectivity index (χ2v) is 6.22. The summed E-state index contributed by atoms with van der Waals surface area (Å²) in [5, 5.41) is 4.44. The number of carbonyl (C=O) groups excluding carboxylic acids is 1. The second-order valence-electron chi connectivity index (χ2n) is 5.18. The lowest BCUT2D eigenvalue weighted by molar-refractivity contribution is 0.102. The summed E-state index contributed by atoms with van der Waals surface area (Å²) in [6.45, 7) is 0. The molecule has 0 saturated carbocycles. The molecule has 132 valence electrons. The summed E-state index contributed by atoms with van der Waals surface area (Å²) in [5.41, 5.74) is 1.12. The molecule has 1 aromatic carbocycles. The van der Waals surface area contributed by atoms with Gasteiger partial charge in [0.25, 0.3) is 5.91 Å². The van der Waals surface area contributed by atoms with Crippen LogP contribution in [0.25, 0.3) is 0 Å². The van der Waals surface area contributed by atoms with E-state index in [1.165, 1.54) is 18.9 Å². The molecule has 0 unspecified atom stereocenters. The van der Waals surface area contributed by atoms with Gasteiger partial charge in [0.05, 0.1) is 14.2 Å². The minimum Gasteiger partial charge on any atom is -0.493 e. The minimum atomic E-state index is -0.245. The highest BCUT2D eigenvalue weighted by atomic mass is 32.2. The summed E-state index contributed by atoms with van der Waals surface area (Å²) in [4.78, 5) is 21.1. The van der Waals surface area contributed by atoms with E-state index in [1.807, 2.05) is 18.2 Å². The average molecular weight is 367 g/mol. The molecule has 0 fully saturated rings. The van der Waals surface area contributed by atoms with Crippen molar-refractivity contribution in [1.82, 2.24) is 9.97 Å². The monoisotopic (exact) mass is 367 g/mol. The summed E-state index contributed by atoms with van der Waals surface area (Å²) in [6.07, 6.45) is 3.38. The molecular formula is C19H17N3O3S. The Morgan fingerprint density at radius 1 is 0.923 bits per heavy atom. The maximum atomic E-state index is 12.5. The van der Waals surface area contributed by atoms with Crippen LogP contribution >= 0.6 is 11.8 Å². The van der Waals surface area contributed by atoms with Crippen molar-refractivity contribution in [3.05, 3.63) is 66.5 Å². The van der Waals surface area contributed by atoms with E-state index in [1.54, 1.807) is 49.8 Å². The topological polar surface area (TPSA) is 73.3 Å². The van der Waals surface area contributed by atoms with Crippen molar-refractivity contribution < 1.29 is 14.3 Å². The zero-order valence-electron chi connectivity index (χ0n) is 14.3. The Morgan fingerprint density at radius 2 is 1.73 bits per heavy atom. The Balaban J connectivity index is 1.74. The van der Waals surface area contributed by atoms with Crippen LogP contribution in [-0.2, 0) is 0 Å². The molecule has 0 spiro atoms. The highest BCUT2D eigenvalue weighted by Crippen LogP contribution is 2.28. The fourth-order valence-corrected chi connectivity index (χ4v) is 3.01. The molecule has 0 aliphatic heterocycles. The van der Waals surface area contributed by atoms with Crippen molar-refractivity contribution in [2.24, 2.45) is 0 Å². The molecule has 0 radical (unpaired) electrons. The van der Waals surface area contributed by atoms with Crippen molar-refractivity contribution >= 4 is 23.4 Å². The number of carbonyl (C=O) groups is 1. The number of hydrogen-bond donors (Lipinski definition) is 1. The van der Waals surface area contributed by atoms with Gasteiger partial charge in [0.2, 0.25) is 0 Å². The number of nitrogens with zero attached hydrogens (tertiary/aromatic N) is 2. The summed E-state index contributed by atoms with van der Waals surface area (Å²) in [5.74, 6) is 0.828. The summed E-state index contributed by atoms with van der Waals surface area (Å²) < 4.78 is 10.4. The van der Waals surface area contributed by atoms with Gasteiger partial charge in [0, 0.05) is 23.6 Å². The number of amides is 1. The molecule has 1 N–H and O–H groups in total. The predicted molar refractivity (Wildman–Crippen MR) is 100 cm³/mol. The highest BCUT2D eigenvalue weighted by Gasteiger charge is 2.11. The SMILES string of the molecule is COc1ccc(C(=O)Nc2ccnc(Sc3ccccn3)c2)cc1OC. The first kappa shape index (κ1) is 17.8. The number of anilines is 1. The van der Waals surface area contributed by atoms with Crippen LogP contribution in [0.2, 0.25) is 0 Å². The van der Waals surface area contributed by atoms with Crippen molar-refractivity contribution in [1.29, 1.82) is 0 Å². The lowest BCUT2D eigenvalue weighted by Gasteiger charge is -2.10. The Labute approximate surface area is 155 Å². The van der Waals surface area contributed by atoms with Crippen LogP contribution in [0.4, 0.5) is 5.69 Å². The van der Waals surface area contributed by atoms with E-state index < -0.39 is 0 Å². The Bertz CT molecular complexity index is 904. The molecule has 2 heterocycles. The van der Waals surface area contributed by atoms with Gasteiger partial charge < -0.3 is 14.8 Å². The van der Waals surface area contributed by atoms with Crippen molar-refractivity contribution in [3.63, 3.8) is 0 Å². The van der Waals surface area contributed by atoms with Gasteiger partial charge in [0.15, 0.2) is 11.5 Å². The molecule has 0 aliphatic carbocycles. The molecule has 6 nitrogen and oxygen atoms in total. The predicted octanol–water partition coefficient (Wildman–Crippen LogP) is 3.90. The van der Waals surface area contributed by atoms with Gasteiger partial charge >= 0.3 is 0 Å². The smallest absolute Gasteiger partial charge is 0.255 e. The zero-order chi connectivity index (χ0) is 18.4. The fourth-order valence-electron chi connectivity index (χ4n) is 2.24. The third-order valence-electron chi connectivity index (χ3n) is 3.49. The van der Waals surface area contributed by atoms with E-state index in [2.05, 4.69) is 15.3 Å². The second kappa shape index (κ2) is 8.35. The lowest BCUT2D eigenvalue weighted by atomic mass is 10.2. The molecule has 26 heavy (non-hydrogen) atoms. The number of aromatic nitrogens is 2. The van der Waals surface area contributed by atoms with Crippen LogP contribution in [0.3, 0.4) is 0 Å². The first-order valence-corrected chi connectivity index (χ1v) is 8.59. The summed E-state index contributed by atoms with van der Waals surface area (Å²) >= 11 is 1.43. The van der Waals surface area contributed by atoms with E-state index in [-0.39, 0.29) is 5.91 Å². The van der Waals surface area contributed by atoms with Crippen LogP contribution in [0.5, 0.6) is 11.5 Å². The fraction of sp³-hybridized carbons (Fsp3) is 0.105. The maximum Gasteiger partial charge on any atom is 0.255 e. The first-order valence-electron chi connectivity index (χ1n) is 7.78. The third kappa shape index (κ3) is 4.31. The summed E-state index contributed by atoms with van der Waals surface area (Å²) in [6, 6.07) is 14.2. The van der Waals surface area contributed by atoms with Gasteiger partial charge in [-0.1, -0.05) is 17.8 Å². The van der Waals surface area contributed by atoms with E-state index in [9.17, 15) is 4.79 Å². The summed E-state index contributed by atoms with van der Waals surface area (Å²) in [7, 11) is 3.08. The molecule has 2 aromatic heterocycles. The molecule has 0 bridgehead atoms. The molecule has 0 atom stereocenters. The number of rotatable bonds is 6. The molecule has 3 aromatic rings. The molecular weight excluding hydrogens is 350 g/mol. The molecule has 0 saturated heterocycles. The third-order valence-corrected chi connectivity index (χ3v) is 4.37. The number of hydrogen-bond acceptors (Lipinski definition) is 6. The molecule has 3 rings (SSSR count). The first-order chi connectivity index (χ1) is 12.7. The Kier molecular flexibility index (Phi) is 5.70. The average Bonchev–Trinajstić information content (AvgIpc) is 2.68. The number of ether oxygens (including phenoxy) is 2. The number of benzene rings is 1. The standard InChI is InChI=1S/C19H17N3O3S/c1-24-15-7-6-13(11-16(15)25-2)19(23)22-14-8-10-21-18(12-14)26-17-5-3-4-9-20-17/h3-12H,1-2H3,(H,21,22,23). The van der Waals surface area contributed by atoms with Crippen LogP contribution in [-0.4, -0.2) is 30.1 Å². The van der Waals surface area contributed by atoms with Gasteiger partial charge in [-0.05, 0) is 42.5 Å². The van der Waals surface area contributed by atoms with Gasteiger partial charge in [-0.2, -0.15) is 0 Å². The van der Waals surface area contributed by atoms with Crippen molar-refractivity contribution in [2.45, 2.75) is 10.1 Å². The van der Waals surface area contributed by atoms with Crippen molar-refractivity contribution in [3.8, 4) is 11.5 Å². The quantitative estimate of drug-likeness (QED) is 0.712. The Hall–Kier alpha value is -3.06. The zero-order valence-corrected chi connectivity index (χ0v) is 15.1. The highest BCUT2D eigenvalue weighted by molar-refractivity contribution is 7.99. The minimum absolute atomic E-state index is 0.245. The lowest BCUT2D eigenvalue weighted by Crippen LogP contribution is -2.12. The van der Waals surface area contributed by atoms with E-state index in [0.29, 0.717) is 22.7 Å². The van der Waals surface area contributed by atoms with Gasteiger partial charge in [-0.25, -0.2) is 9.97 Å². The van der Waals surface area contributed by atoms with Gasteiger partial charge in [-0.3, -0.25) is 4.79 Å². The molecule has 0 aliphatic rings.